The third-order valence-electron chi connectivity index (χ3n) is 4.82. The molecule has 1 atom stereocenters. The van der Waals surface area contributed by atoms with E-state index in [1.165, 1.54) is 4.90 Å². The molecule has 5 rings (SSSR count). The van der Waals surface area contributed by atoms with Crippen molar-refractivity contribution in [3.8, 4) is 11.5 Å². The van der Waals surface area contributed by atoms with Crippen molar-refractivity contribution in [3.05, 3.63) is 42.0 Å². The van der Waals surface area contributed by atoms with Crippen molar-refractivity contribution in [2.45, 2.75) is 6.42 Å². The summed E-state index contributed by atoms with van der Waals surface area (Å²) in [7, 11) is 0. The van der Waals surface area contributed by atoms with Crippen LogP contribution >= 0.6 is 11.3 Å². The lowest BCUT2D eigenvalue weighted by Gasteiger charge is -2.17. The second-order valence-corrected chi connectivity index (χ2v) is 7.72. The van der Waals surface area contributed by atoms with E-state index in [-0.39, 0.29) is 42.2 Å². The van der Waals surface area contributed by atoms with E-state index < -0.39 is 17.6 Å². The lowest BCUT2D eigenvalue weighted by Crippen LogP contribution is -2.28. The lowest BCUT2D eigenvalue weighted by atomic mass is 10.1. The summed E-state index contributed by atoms with van der Waals surface area (Å²) in [4.78, 5) is 30.7. The van der Waals surface area contributed by atoms with Gasteiger partial charge in [-0.15, -0.1) is 0 Å². The summed E-state index contributed by atoms with van der Waals surface area (Å²) >= 11 is 1.04. The van der Waals surface area contributed by atoms with Crippen molar-refractivity contribution in [3.63, 3.8) is 0 Å². The Morgan fingerprint density at radius 1 is 1.17 bits per heavy atom. The molecule has 0 spiro atoms. The number of ether oxygens (including phenoxy) is 2. The number of anilines is 2. The highest BCUT2D eigenvalue weighted by Crippen LogP contribution is 2.37. The Labute approximate surface area is 166 Å². The lowest BCUT2D eigenvalue weighted by molar-refractivity contribution is -0.122. The maximum Gasteiger partial charge on any atom is 0.231 e. The number of benzene rings is 2. The number of fused-ring (bicyclic) bond motifs is 2. The summed E-state index contributed by atoms with van der Waals surface area (Å²) in [5, 5.41) is 2.87. The van der Waals surface area contributed by atoms with Crippen molar-refractivity contribution in [1.82, 2.24) is 4.98 Å². The van der Waals surface area contributed by atoms with Crippen LogP contribution in [0, 0.1) is 17.6 Å². The molecule has 3 aromatic rings. The third kappa shape index (κ3) is 3.15. The average molecular weight is 417 g/mol. The van der Waals surface area contributed by atoms with E-state index in [4.69, 9.17) is 9.47 Å². The molecule has 0 radical (unpaired) electrons. The fourth-order valence-electron chi connectivity index (χ4n) is 3.37. The second-order valence-electron chi connectivity index (χ2n) is 6.69. The largest absolute Gasteiger partial charge is 0.454 e. The molecule has 1 aromatic heterocycles. The molecule has 0 aliphatic carbocycles. The van der Waals surface area contributed by atoms with Crippen LogP contribution in [-0.4, -0.2) is 30.1 Å². The minimum Gasteiger partial charge on any atom is -0.454 e. The van der Waals surface area contributed by atoms with Gasteiger partial charge in [0.2, 0.25) is 18.6 Å². The van der Waals surface area contributed by atoms with Crippen molar-refractivity contribution in [2.75, 3.05) is 23.6 Å². The maximum atomic E-state index is 13.4. The zero-order chi connectivity index (χ0) is 20.1. The molecule has 10 heteroatoms. The molecule has 2 aliphatic heterocycles. The SMILES string of the molecule is O=C(Nc1nc2cc(F)c(F)cc2s1)C1CC(=O)N(c2ccc3c(c2)OCO3)C1. The quantitative estimate of drug-likeness (QED) is 0.707. The molecule has 3 heterocycles. The molecule has 2 aliphatic rings. The zero-order valence-corrected chi connectivity index (χ0v) is 15.6. The minimum absolute atomic E-state index is 0.0500. The van der Waals surface area contributed by atoms with E-state index in [1.54, 1.807) is 18.2 Å². The fraction of sp³-hybridized carbons (Fsp3) is 0.211. The summed E-state index contributed by atoms with van der Waals surface area (Å²) < 4.78 is 37.7. The Kier molecular flexibility index (Phi) is 4.09. The van der Waals surface area contributed by atoms with Gasteiger partial charge in [-0.25, -0.2) is 13.8 Å². The van der Waals surface area contributed by atoms with Crippen LogP contribution in [0.15, 0.2) is 30.3 Å². The average Bonchev–Trinajstić information content (AvgIpc) is 3.39. The first-order valence-corrected chi connectivity index (χ1v) is 9.56. The molecule has 1 fully saturated rings. The van der Waals surface area contributed by atoms with Crippen LogP contribution in [0.25, 0.3) is 10.2 Å². The second kappa shape index (κ2) is 6.66. The number of carbonyl (C=O) groups is 2. The summed E-state index contributed by atoms with van der Waals surface area (Å²) in [6.45, 7) is 0.339. The maximum absolute atomic E-state index is 13.4. The van der Waals surface area contributed by atoms with Crippen LogP contribution in [0.4, 0.5) is 19.6 Å². The van der Waals surface area contributed by atoms with Gasteiger partial charge in [-0.2, -0.15) is 0 Å². The Morgan fingerprint density at radius 2 is 1.97 bits per heavy atom. The molecule has 1 unspecified atom stereocenters. The minimum atomic E-state index is -0.999. The summed E-state index contributed by atoms with van der Waals surface area (Å²) in [6, 6.07) is 7.19. The van der Waals surface area contributed by atoms with Crippen LogP contribution in [0.5, 0.6) is 11.5 Å². The molecule has 0 saturated carbocycles. The highest BCUT2D eigenvalue weighted by atomic mass is 32.1. The topological polar surface area (TPSA) is 80.8 Å². The highest BCUT2D eigenvalue weighted by molar-refractivity contribution is 7.22. The molecule has 0 bridgehead atoms. The van der Waals surface area contributed by atoms with Crippen LogP contribution in [0.2, 0.25) is 0 Å². The van der Waals surface area contributed by atoms with Gasteiger partial charge in [0.05, 0.1) is 16.1 Å². The molecular formula is C19H13F2N3O4S. The van der Waals surface area contributed by atoms with Crippen molar-refractivity contribution < 1.29 is 27.8 Å². The Balaban J connectivity index is 1.31. The predicted octanol–water partition coefficient (Wildman–Crippen LogP) is 3.29. The van der Waals surface area contributed by atoms with Crippen LogP contribution < -0.4 is 19.7 Å². The summed E-state index contributed by atoms with van der Waals surface area (Å²) in [5.74, 6) is -1.94. The van der Waals surface area contributed by atoms with Crippen molar-refractivity contribution in [2.24, 2.45) is 5.92 Å². The van der Waals surface area contributed by atoms with Crippen molar-refractivity contribution >= 4 is 44.2 Å². The molecule has 1 saturated heterocycles. The van der Waals surface area contributed by atoms with Gasteiger partial charge in [0.1, 0.15) is 0 Å². The fourth-order valence-corrected chi connectivity index (χ4v) is 4.25. The number of aromatic nitrogens is 1. The number of halogens is 2. The van der Waals surface area contributed by atoms with E-state index in [0.717, 1.165) is 23.5 Å². The van der Waals surface area contributed by atoms with Crippen LogP contribution in [0.1, 0.15) is 6.42 Å². The number of carbonyl (C=O) groups excluding carboxylic acids is 2. The van der Waals surface area contributed by atoms with Gasteiger partial charge in [0, 0.05) is 30.8 Å². The standard InChI is InChI=1S/C19H13F2N3O4S/c20-11-5-13-16(6-12(11)21)29-19(22-13)23-18(26)9-3-17(25)24(7-9)10-1-2-14-15(4-10)28-8-27-14/h1-2,4-6,9H,3,7-8H2,(H,22,23,26). The first-order valence-electron chi connectivity index (χ1n) is 8.74. The van der Waals surface area contributed by atoms with Crippen LogP contribution in [0.3, 0.4) is 0 Å². The molecular weight excluding hydrogens is 404 g/mol. The zero-order valence-electron chi connectivity index (χ0n) is 14.8. The molecule has 29 heavy (non-hydrogen) atoms. The van der Waals surface area contributed by atoms with Crippen LogP contribution in [-0.2, 0) is 9.59 Å². The van der Waals surface area contributed by atoms with Gasteiger partial charge >= 0.3 is 0 Å². The van der Waals surface area contributed by atoms with Gasteiger partial charge in [0.15, 0.2) is 28.3 Å². The van der Waals surface area contributed by atoms with Gasteiger partial charge < -0.3 is 19.7 Å². The van der Waals surface area contributed by atoms with Gasteiger partial charge in [0.25, 0.3) is 0 Å². The first kappa shape index (κ1) is 17.8. The van der Waals surface area contributed by atoms with Gasteiger partial charge in [-0.3, -0.25) is 9.59 Å². The third-order valence-corrected chi connectivity index (χ3v) is 5.76. The normalized spacial score (nSPS) is 17.9. The van der Waals surface area contributed by atoms with Gasteiger partial charge in [-0.1, -0.05) is 11.3 Å². The molecule has 148 valence electrons. The molecule has 2 aromatic carbocycles. The number of hydrogen-bond acceptors (Lipinski definition) is 6. The monoisotopic (exact) mass is 417 g/mol. The van der Waals surface area contributed by atoms with E-state index in [9.17, 15) is 18.4 Å². The van der Waals surface area contributed by atoms with E-state index in [2.05, 4.69) is 10.3 Å². The molecule has 2 amide bonds. The van der Waals surface area contributed by atoms with Crippen molar-refractivity contribution in [1.29, 1.82) is 0 Å². The Hall–Kier alpha value is -3.27. The number of nitrogens with one attached hydrogen (secondary N) is 1. The number of rotatable bonds is 3. The molecule has 7 nitrogen and oxygen atoms in total. The highest BCUT2D eigenvalue weighted by Gasteiger charge is 2.36. The first-order chi connectivity index (χ1) is 14.0. The molecule has 1 N–H and O–H groups in total. The predicted molar refractivity (Wildman–Crippen MR) is 101 cm³/mol. The van der Waals surface area contributed by atoms with E-state index in [1.807, 2.05) is 0 Å². The number of nitrogens with zero attached hydrogens (tertiary/aromatic N) is 2. The Morgan fingerprint density at radius 3 is 2.83 bits per heavy atom. The summed E-state index contributed by atoms with van der Waals surface area (Å²) in [6.07, 6.45) is 0.0500. The smallest absolute Gasteiger partial charge is 0.231 e. The summed E-state index contributed by atoms with van der Waals surface area (Å²) in [5.41, 5.74) is 0.883. The number of amides is 2. The number of thiazole rings is 1. The van der Waals surface area contributed by atoms with E-state index in [0.29, 0.717) is 21.9 Å². The van der Waals surface area contributed by atoms with E-state index >= 15 is 0 Å². The van der Waals surface area contributed by atoms with Gasteiger partial charge in [-0.05, 0) is 18.2 Å². The Bertz CT molecular complexity index is 1130. The number of hydrogen-bond donors (Lipinski definition) is 1.